The van der Waals surface area contributed by atoms with Gasteiger partial charge in [0.15, 0.2) is 0 Å². The van der Waals surface area contributed by atoms with Crippen molar-refractivity contribution in [2.45, 2.75) is 17.9 Å². The highest BCUT2D eigenvalue weighted by Crippen LogP contribution is 2.24. The van der Waals surface area contributed by atoms with Gasteiger partial charge in [0.05, 0.1) is 0 Å². The van der Waals surface area contributed by atoms with E-state index >= 15 is 0 Å². The molecular formula is C12H16BrNS. The number of nitrogens with one attached hydrogen (secondary N) is 1. The fourth-order valence-corrected chi connectivity index (χ4v) is 2.26. The third-order valence-electron chi connectivity index (χ3n) is 2.19. The predicted molar refractivity (Wildman–Crippen MR) is 72.7 cm³/mol. The average molecular weight is 286 g/mol. The largest absolute Gasteiger partial charge is 0.313 e. The van der Waals surface area contributed by atoms with Gasteiger partial charge in [-0.05, 0) is 36.1 Å². The molecule has 0 heterocycles. The lowest BCUT2D eigenvalue weighted by molar-refractivity contribution is 0.651. The second kappa shape index (κ2) is 6.36. The van der Waals surface area contributed by atoms with Crippen molar-refractivity contribution in [2.75, 3.05) is 12.8 Å². The summed E-state index contributed by atoms with van der Waals surface area (Å²) in [5, 5.41) is 3.24. The molecule has 0 aliphatic heterocycles. The van der Waals surface area contributed by atoms with Crippen molar-refractivity contribution in [3.8, 4) is 0 Å². The van der Waals surface area contributed by atoms with Crippen LogP contribution in [-0.2, 0) is 0 Å². The Hall–Kier alpha value is -0.250. The summed E-state index contributed by atoms with van der Waals surface area (Å²) in [6.07, 6.45) is 0. The van der Waals surface area contributed by atoms with E-state index in [1.54, 1.807) is 11.8 Å². The first kappa shape index (κ1) is 12.8. The van der Waals surface area contributed by atoms with Crippen LogP contribution < -0.4 is 5.32 Å². The molecule has 1 aromatic rings. The Labute approximate surface area is 104 Å². The summed E-state index contributed by atoms with van der Waals surface area (Å²) in [5.74, 6) is 0.914. The van der Waals surface area contributed by atoms with Crippen LogP contribution in [0.5, 0.6) is 0 Å². The maximum Gasteiger partial charge on any atom is 0.0292 e. The van der Waals surface area contributed by atoms with Gasteiger partial charge in [-0.25, -0.2) is 0 Å². The van der Waals surface area contributed by atoms with Crippen LogP contribution in [0, 0.1) is 0 Å². The van der Waals surface area contributed by atoms with Crippen molar-refractivity contribution in [3.05, 3.63) is 40.9 Å². The normalized spacial score (nSPS) is 12.5. The zero-order valence-electron chi connectivity index (χ0n) is 9.09. The number of benzene rings is 1. The van der Waals surface area contributed by atoms with Crippen LogP contribution in [-0.4, -0.2) is 12.8 Å². The van der Waals surface area contributed by atoms with E-state index < -0.39 is 0 Å². The minimum atomic E-state index is 0.401. The molecule has 0 saturated carbocycles. The Balaban J connectivity index is 2.69. The zero-order valence-corrected chi connectivity index (χ0v) is 11.5. The first-order valence-corrected chi connectivity index (χ1v) is 6.64. The fraction of sp³-hybridized carbons (Fsp3) is 0.333. The lowest BCUT2D eigenvalue weighted by Gasteiger charge is -2.11. The first-order chi connectivity index (χ1) is 7.13. The molecule has 0 fully saturated rings. The van der Waals surface area contributed by atoms with Gasteiger partial charge in [0.2, 0.25) is 0 Å². The molecule has 1 unspecified atom stereocenters. The van der Waals surface area contributed by atoms with Crippen LogP contribution >= 0.6 is 27.7 Å². The second-order valence-corrected chi connectivity index (χ2v) is 5.56. The molecule has 0 aromatic heterocycles. The molecule has 0 bridgehead atoms. The van der Waals surface area contributed by atoms with Gasteiger partial charge in [-0.2, -0.15) is 0 Å². The fourth-order valence-electron chi connectivity index (χ4n) is 1.20. The summed E-state index contributed by atoms with van der Waals surface area (Å²) >= 11 is 5.16. The topological polar surface area (TPSA) is 12.0 Å². The van der Waals surface area contributed by atoms with Crippen molar-refractivity contribution in [2.24, 2.45) is 0 Å². The van der Waals surface area contributed by atoms with Gasteiger partial charge >= 0.3 is 0 Å². The van der Waals surface area contributed by atoms with E-state index in [0.717, 1.165) is 10.2 Å². The Kier molecular flexibility index (Phi) is 5.43. The van der Waals surface area contributed by atoms with E-state index in [-0.39, 0.29) is 0 Å². The summed E-state index contributed by atoms with van der Waals surface area (Å²) in [4.78, 5) is 1.29. The van der Waals surface area contributed by atoms with Crippen molar-refractivity contribution in [1.29, 1.82) is 0 Å². The first-order valence-electron chi connectivity index (χ1n) is 4.86. The Bertz CT molecular complexity index is 338. The lowest BCUT2D eigenvalue weighted by Crippen LogP contribution is -2.11. The molecule has 0 amide bonds. The van der Waals surface area contributed by atoms with E-state index in [4.69, 9.17) is 0 Å². The molecular weight excluding hydrogens is 270 g/mol. The third-order valence-corrected chi connectivity index (χ3v) is 3.92. The van der Waals surface area contributed by atoms with Gasteiger partial charge in [0.25, 0.3) is 0 Å². The Morgan fingerprint density at radius 2 is 2.33 bits per heavy atom. The number of rotatable bonds is 5. The molecule has 1 rings (SSSR count). The Morgan fingerprint density at radius 1 is 1.60 bits per heavy atom. The van der Waals surface area contributed by atoms with Crippen LogP contribution in [0.25, 0.3) is 0 Å². The van der Waals surface area contributed by atoms with Crippen LogP contribution in [0.3, 0.4) is 0 Å². The van der Waals surface area contributed by atoms with Gasteiger partial charge in [-0.1, -0.05) is 34.6 Å². The molecule has 1 N–H and O–H groups in total. The summed E-state index contributed by atoms with van der Waals surface area (Å²) in [6.45, 7) is 5.99. The van der Waals surface area contributed by atoms with Crippen LogP contribution in [0.4, 0.5) is 0 Å². The van der Waals surface area contributed by atoms with Gasteiger partial charge in [0.1, 0.15) is 0 Å². The maximum absolute atomic E-state index is 3.83. The van der Waals surface area contributed by atoms with Crippen LogP contribution in [0.2, 0.25) is 0 Å². The molecule has 82 valence electrons. The predicted octanol–water partition coefficient (Wildman–Crippen LogP) is 3.97. The standard InChI is InChI=1S/C12H16BrNS/c1-9(13)8-15-12-6-4-5-11(7-12)10(2)14-3/h4-7,10,14H,1,8H2,2-3H3. The summed E-state index contributed by atoms with van der Waals surface area (Å²) in [6, 6.07) is 9.00. The Morgan fingerprint density at radius 3 is 2.93 bits per heavy atom. The number of hydrogen-bond acceptors (Lipinski definition) is 2. The van der Waals surface area contributed by atoms with Crippen molar-refractivity contribution in [1.82, 2.24) is 5.32 Å². The van der Waals surface area contributed by atoms with Crippen LogP contribution in [0.1, 0.15) is 18.5 Å². The number of thioether (sulfide) groups is 1. The highest BCUT2D eigenvalue weighted by Gasteiger charge is 2.03. The van der Waals surface area contributed by atoms with Gasteiger partial charge < -0.3 is 5.32 Å². The monoisotopic (exact) mass is 285 g/mol. The number of hydrogen-bond donors (Lipinski definition) is 1. The van der Waals surface area contributed by atoms with E-state index in [1.807, 2.05) is 7.05 Å². The molecule has 0 saturated heterocycles. The molecule has 0 spiro atoms. The summed E-state index contributed by atoms with van der Waals surface area (Å²) < 4.78 is 1.03. The van der Waals surface area contributed by atoms with Crippen molar-refractivity contribution >= 4 is 27.7 Å². The lowest BCUT2D eigenvalue weighted by atomic mass is 10.1. The molecule has 0 radical (unpaired) electrons. The van der Waals surface area contributed by atoms with E-state index in [9.17, 15) is 0 Å². The van der Waals surface area contributed by atoms with Gasteiger partial charge in [-0.15, -0.1) is 11.8 Å². The molecule has 1 aromatic carbocycles. The minimum Gasteiger partial charge on any atom is -0.313 e. The van der Waals surface area contributed by atoms with E-state index in [0.29, 0.717) is 6.04 Å². The highest BCUT2D eigenvalue weighted by molar-refractivity contribution is 9.11. The average Bonchev–Trinajstić information content (AvgIpc) is 2.25. The minimum absolute atomic E-state index is 0.401. The second-order valence-electron chi connectivity index (χ2n) is 3.39. The number of halogens is 1. The van der Waals surface area contributed by atoms with E-state index in [1.165, 1.54) is 10.5 Å². The van der Waals surface area contributed by atoms with Gasteiger partial charge in [0, 0.05) is 16.7 Å². The molecule has 1 nitrogen and oxygen atoms in total. The van der Waals surface area contributed by atoms with Crippen LogP contribution in [0.15, 0.2) is 40.2 Å². The summed E-state index contributed by atoms with van der Waals surface area (Å²) in [5.41, 5.74) is 1.32. The van der Waals surface area contributed by atoms with Crippen molar-refractivity contribution < 1.29 is 0 Å². The van der Waals surface area contributed by atoms with E-state index in [2.05, 4.69) is 59.0 Å². The molecule has 0 aliphatic rings. The smallest absolute Gasteiger partial charge is 0.0292 e. The zero-order chi connectivity index (χ0) is 11.3. The summed E-state index contributed by atoms with van der Waals surface area (Å²) in [7, 11) is 1.98. The maximum atomic E-state index is 3.83. The van der Waals surface area contributed by atoms with Crippen molar-refractivity contribution in [3.63, 3.8) is 0 Å². The van der Waals surface area contributed by atoms with Gasteiger partial charge in [-0.3, -0.25) is 0 Å². The third kappa shape index (κ3) is 4.41. The quantitative estimate of drug-likeness (QED) is 0.822. The highest BCUT2D eigenvalue weighted by atomic mass is 79.9. The molecule has 3 heteroatoms. The molecule has 1 atom stereocenters. The molecule has 0 aliphatic carbocycles. The molecule has 15 heavy (non-hydrogen) atoms. The SMILES string of the molecule is C=C(Br)CSc1cccc(C(C)NC)c1.